The van der Waals surface area contributed by atoms with Crippen molar-refractivity contribution < 1.29 is 28.8 Å². The second kappa shape index (κ2) is 21.8. The predicted molar refractivity (Wildman–Crippen MR) is 198 cm³/mol. The number of unbranched alkanes of at least 4 members (excludes halogenated alkanes) is 1. The van der Waals surface area contributed by atoms with E-state index < -0.39 is 77.6 Å². The van der Waals surface area contributed by atoms with E-state index >= 15 is 0 Å². The molecule has 51 heavy (non-hydrogen) atoms. The summed E-state index contributed by atoms with van der Waals surface area (Å²) in [4.78, 5) is 80.1. The summed E-state index contributed by atoms with van der Waals surface area (Å²) in [6.45, 7) is 9.25. The first kappa shape index (κ1) is 42.8. The maximum atomic E-state index is 13.9. The Morgan fingerprint density at radius 1 is 0.686 bits per heavy atom. The van der Waals surface area contributed by atoms with Crippen molar-refractivity contribution in [2.75, 3.05) is 6.54 Å². The third kappa shape index (κ3) is 15.2. The van der Waals surface area contributed by atoms with Crippen LogP contribution in [0.25, 0.3) is 0 Å². The molecule has 0 spiro atoms. The maximum absolute atomic E-state index is 13.9. The first-order chi connectivity index (χ1) is 24.1. The molecule has 14 nitrogen and oxygen atoms in total. The molecule has 0 aliphatic rings. The Morgan fingerprint density at radius 3 is 1.84 bits per heavy atom. The van der Waals surface area contributed by atoms with Crippen LogP contribution in [0.5, 0.6) is 0 Å². The fourth-order valence-electron chi connectivity index (χ4n) is 5.23. The summed E-state index contributed by atoms with van der Waals surface area (Å²) in [5, 5.41) is 15.5. The Kier molecular flexibility index (Phi) is 18.3. The molecule has 11 N–H and O–H groups in total. The molecule has 0 saturated heterocycles. The van der Waals surface area contributed by atoms with E-state index in [4.69, 9.17) is 17.2 Å². The van der Waals surface area contributed by atoms with Crippen LogP contribution in [-0.2, 0) is 41.6 Å². The van der Waals surface area contributed by atoms with Gasteiger partial charge < -0.3 is 43.8 Å². The van der Waals surface area contributed by atoms with Crippen LogP contribution < -0.4 is 43.8 Å². The lowest BCUT2D eigenvalue weighted by Crippen LogP contribution is -2.61. The van der Waals surface area contributed by atoms with Crippen LogP contribution in [-0.4, -0.2) is 78.2 Å². The lowest BCUT2D eigenvalue weighted by molar-refractivity contribution is -0.135. The fraction of sp³-hybridized carbons (Fsp3) is 0.556. The summed E-state index contributed by atoms with van der Waals surface area (Å²) in [6.07, 6.45) is 2.34. The molecule has 282 valence electrons. The lowest BCUT2D eigenvalue weighted by atomic mass is 9.98. The highest BCUT2D eigenvalue weighted by atomic mass is 32.1. The highest BCUT2D eigenvalue weighted by molar-refractivity contribution is 7.09. The average Bonchev–Trinajstić information content (AvgIpc) is 3.59. The highest BCUT2D eigenvalue weighted by Crippen LogP contribution is 2.14. The van der Waals surface area contributed by atoms with Crippen LogP contribution in [0.15, 0.2) is 47.8 Å². The second-order valence-corrected chi connectivity index (χ2v) is 14.6. The van der Waals surface area contributed by atoms with Gasteiger partial charge in [0.25, 0.3) is 0 Å². The number of carbonyl (C=O) groups is 6. The minimum absolute atomic E-state index is 0.0325. The quantitative estimate of drug-likeness (QED) is 0.0798. The molecule has 0 unspecified atom stereocenters. The molecule has 15 heteroatoms. The van der Waals surface area contributed by atoms with Gasteiger partial charge in [-0.1, -0.05) is 70.5 Å². The van der Waals surface area contributed by atoms with Crippen molar-refractivity contribution in [2.24, 2.45) is 29.0 Å². The molecule has 1 heterocycles. The van der Waals surface area contributed by atoms with Gasteiger partial charge in [0.2, 0.25) is 35.4 Å². The number of amides is 6. The number of carbonyl (C=O) groups excluding carboxylic acids is 6. The molecule has 0 fully saturated rings. The SMILES string of the molecule is CC(C)C[C@@H](NC(=O)[C@H](N)CCCCN)C(=O)N[C@@H](C(=O)N[C@H](Cc1ccccc1)C(=O)N[C@H](Cc1cccs1)C(=O)N[C@H](C)C(N)=O)C(C)C. The Bertz CT molecular complexity index is 1420. The van der Waals surface area contributed by atoms with Gasteiger partial charge in [0.15, 0.2) is 0 Å². The fourth-order valence-corrected chi connectivity index (χ4v) is 5.98. The Hall–Kier alpha value is -4.34. The smallest absolute Gasteiger partial charge is 0.243 e. The summed E-state index contributed by atoms with van der Waals surface area (Å²) in [5.41, 5.74) is 17.7. The van der Waals surface area contributed by atoms with E-state index in [-0.39, 0.29) is 18.8 Å². The van der Waals surface area contributed by atoms with Crippen molar-refractivity contribution in [3.8, 4) is 0 Å². The molecule has 6 amide bonds. The van der Waals surface area contributed by atoms with Gasteiger partial charge in [-0.15, -0.1) is 11.3 Å². The molecule has 2 aromatic rings. The number of thiophene rings is 1. The van der Waals surface area contributed by atoms with E-state index in [9.17, 15) is 28.8 Å². The van der Waals surface area contributed by atoms with Gasteiger partial charge in [-0.05, 0) is 61.6 Å². The number of hydrogen-bond acceptors (Lipinski definition) is 9. The van der Waals surface area contributed by atoms with E-state index in [1.165, 1.54) is 18.3 Å². The summed E-state index contributed by atoms with van der Waals surface area (Å²) in [5.74, 6) is -4.01. The Morgan fingerprint density at radius 2 is 1.27 bits per heavy atom. The zero-order valence-corrected chi connectivity index (χ0v) is 31.1. The predicted octanol–water partition coefficient (Wildman–Crippen LogP) is 0.621. The van der Waals surface area contributed by atoms with E-state index in [1.54, 1.807) is 38.1 Å². The van der Waals surface area contributed by atoms with Crippen molar-refractivity contribution >= 4 is 46.8 Å². The summed E-state index contributed by atoms with van der Waals surface area (Å²) in [7, 11) is 0. The Labute approximate surface area is 304 Å². The van der Waals surface area contributed by atoms with Crippen molar-refractivity contribution in [3.05, 3.63) is 58.3 Å². The van der Waals surface area contributed by atoms with Gasteiger partial charge in [0.05, 0.1) is 6.04 Å². The van der Waals surface area contributed by atoms with Gasteiger partial charge in [0, 0.05) is 17.7 Å². The average molecular weight is 729 g/mol. The molecule has 6 atom stereocenters. The summed E-state index contributed by atoms with van der Waals surface area (Å²) in [6, 6.07) is 6.61. The van der Waals surface area contributed by atoms with Gasteiger partial charge in [0.1, 0.15) is 30.2 Å². The van der Waals surface area contributed by atoms with Gasteiger partial charge in [-0.25, -0.2) is 0 Å². The van der Waals surface area contributed by atoms with Crippen molar-refractivity contribution in [3.63, 3.8) is 0 Å². The minimum atomic E-state index is -1.15. The third-order valence-electron chi connectivity index (χ3n) is 8.21. The van der Waals surface area contributed by atoms with Crippen LogP contribution in [0.2, 0.25) is 0 Å². The first-order valence-electron chi connectivity index (χ1n) is 17.5. The molecule has 0 aliphatic heterocycles. The molecular formula is C36H56N8O6S. The van der Waals surface area contributed by atoms with Crippen LogP contribution in [0.3, 0.4) is 0 Å². The zero-order chi connectivity index (χ0) is 38.1. The van der Waals surface area contributed by atoms with Crippen LogP contribution in [0, 0.1) is 11.8 Å². The molecule has 0 radical (unpaired) electrons. The number of hydrogen-bond donors (Lipinski definition) is 8. The highest BCUT2D eigenvalue weighted by Gasteiger charge is 2.34. The van der Waals surface area contributed by atoms with Crippen LogP contribution >= 0.6 is 11.3 Å². The van der Waals surface area contributed by atoms with E-state index in [0.717, 1.165) is 16.9 Å². The van der Waals surface area contributed by atoms with E-state index in [2.05, 4.69) is 26.6 Å². The van der Waals surface area contributed by atoms with Gasteiger partial charge in [-0.3, -0.25) is 28.8 Å². The van der Waals surface area contributed by atoms with Crippen LogP contribution in [0.1, 0.15) is 70.7 Å². The van der Waals surface area contributed by atoms with Crippen molar-refractivity contribution in [1.29, 1.82) is 0 Å². The maximum Gasteiger partial charge on any atom is 0.243 e. The molecule has 1 aromatic carbocycles. The molecule has 0 bridgehead atoms. The Balaban J connectivity index is 2.31. The first-order valence-corrected chi connectivity index (χ1v) is 18.3. The summed E-state index contributed by atoms with van der Waals surface area (Å²) >= 11 is 1.40. The van der Waals surface area contributed by atoms with Gasteiger partial charge >= 0.3 is 0 Å². The molecule has 1 aromatic heterocycles. The normalized spacial score (nSPS) is 14.8. The molecule has 0 aliphatic carbocycles. The third-order valence-corrected chi connectivity index (χ3v) is 9.11. The largest absolute Gasteiger partial charge is 0.368 e. The topological polar surface area (TPSA) is 241 Å². The second-order valence-electron chi connectivity index (χ2n) is 13.5. The van der Waals surface area contributed by atoms with Crippen LogP contribution in [0.4, 0.5) is 0 Å². The van der Waals surface area contributed by atoms with Crippen molar-refractivity contribution in [1.82, 2.24) is 26.6 Å². The number of nitrogens with two attached hydrogens (primary N) is 3. The molecule has 2 rings (SSSR count). The number of primary amides is 1. The van der Waals surface area contributed by atoms with E-state index in [0.29, 0.717) is 25.8 Å². The number of benzene rings is 1. The number of rotatable bonds is 22. The van der Waals surface area contributed by atoms with Crippen molar-refractivity contribution in [2.45, 2.75) is 109 Å². The zero-order valence-electron chi connectivity index (χ0n) is 30.3. The number of nitrogens with one attached hydrogen (secondary N) is 5. The minimum Gasteiger partial charge on any atom is -0.368 e. The standard InChI is InChI=1S/C36H56N8O6S/c1-21(2)18-27(41-32(46)26(38)15-9-10-16-37)35(49)44-30(22(3)4)36(50)43-28(19-24-12-7-6-8-13-24)34(48)42-29(20-25-14-11-17-51-25)33(47)40-23(5)31(39)45/h6-8,11-14,17,21-23,26-30H,9-10,15-16,18-20,37-38H2,1-5H3,(H2,39,45)(H,40,47)(H,41,46)(H,42,48)(H,43,50)(H,44,49)/t23-,26-,27-,28-,29-,30-/m1/s1. The van der Waals surface area contributed by atoms with Gasteiger partial charge in [-0.2, -0.15) is 0 Å². The monoisotopic (exact) mass is 728 g/mol. The summed E-state index contributed by atoms with van der Waals surface area (Å²) < 4.78 is 0. The van der Waals surface area contributed by atoms with E-state index in [1.807, 2.05) is 37.4 Å². The lowest BCUT2D eigenvalue weighted by Gasteiger charge is -2.29. The molecular weight excluding hydrogens is 673 g/mol. The molecule has 0 saturated carbocycles.